The summed E-state index contributed by atoms with van der Waals surface area (Å²) < 4.78 is 34.2. The van der Waals surface area contributed by atoms with Crippen LogP contribution < -0.4 is 0 Å². The summed E-state index contributed by atoms with van der Waals surface area (Å²) in [6.45, 7) is 39.0. The Morgan fingerprint density at radius 2 is 0.963 bits per heavy atom. The summed E-state index contributed by atoms with van der Waals surface area (Å²) in [5.74, 6) is -1.42. The van der Waals surface area contributed by atoms with Crippen LogP contribution in [0.15, 0.2) is 0 Å². The van der Waals surface area contributed by atoms with Gasteiger partial charge in [-0.15, -0.1) is 0 Å². The molecular weight excluding hydrogens is 725 g/mol. The van der Waals surface area contributed by atoms with Gasteiger partial charge in [-0.05, 0) is 69.9 Å². The van der Waals surface area contributed by atoms with Crippen molar-refractivity contribution in [3.05, 3.63) is 0 Å². The van der Waals surface area contributed by atoms with E-state index in [-0.39, 0.29) is 107 Å². The van der Waals surface area contributed by atoms with Crippen molar-refractivity contribution in [1.29, 1.82) is 0 Å². The number of carbonyl (C=O) groups is 4. The van der Waals surface area contributed by atoms with Crippen LogP contribution in [0.4, 0.5) is 0 Å². The molecule has 0 unspecified atom stereocenters. The molecule has 0 spiro atoms. The highest BCUT2D eigenvalue weighted by Gasteiger charge is 2.49. The van der Waals surface area contributed by atoms with Gasteiger partial charge in [-0.1, -0.05) is 82.6 Å². The molecule has 12 atom stereocenters. The second-order valence-electron chi connectivity index (χ2n) is 19.0. The lowest BCUT2D eigenvalue weighted by atomic mass is 9.85. The predicted octanol–water partition coefficient (Wildman–Crippen LogP) is 8.47. The van der Waals surface area contributed by atoms with E-state index < -0.39 is 22.7 Å². The molecule has 11 nitrogen and oxygen atoms in total. The van der Waals surface area contributed by atoms with E-state index in [4.69, 9.17) is 27.8 Å². The zero-order chi connectivity index (χ0) is 42.3. The quantitative estimate of drug-likeness (QED) is 0.136. The van der Waals surface area contributed by atoms with E-state index in [1.165, 1.54) is 6.92 Å². The van der Waals surface area contributed by atoms with Crippen LogP contribution in [0, 0.1) is 35.5 Å². The number of rotatable bonds is 9. The second-order valence-corrected chi connectivity index (χ2v) is 28.5. The van der Waals surface area contributed by atoms with Crippen molar-refractivity contribution in [2.75, 3.05) is 6.61 Å². The fraction of sp³-hybridized carbons (Fsp3) is 0.902. The lowest BCUT2D eigenvalue weighted by Gasteiger charge is -2.46. The van der Waals surface area contributed by atoms with Gasteiger partial charge in [0.05, 0.1) is 36.6 Å². The maximum atomic E-state index is 12.1. The monoisotopic (exact) mass is 803 g/mol. The summed E-state index contributed by atoms with van der Waals surface area (Å²) in [5.41, 5.74) is 0. The van der Waals surface area contributed by atoms with E-state index >= 15 is 0 Å². The maximum absolute atomic E-state index is 12.1. The van der Waals surface area contributed by atoms with Crippen molar-refractivity contribution in [2.45, 2.75) is 196 Å². The summed E-state index contributed by atoms with van der Waals surface area (Å²) >= 11 is 0. The first-order chi connectivity index (χ1) is 24.5. The van der Waals surface area contributed by atoms with Crippen molar-refractivity contribution in [3.63, 3.8) is 0 Å². The number of carbonyl (C=O) groups excluding carboxylic acids is 4. The van der Waals surface area contributed by atoms with Gasteiger partial charge in [0.15, 0.2) is 16.6 Å². The Morgan fingerprint density at radius 1 is 0.630 bits per heavy atom. The van der Waals surface area contributed by atoms with Crippen molar-refractivity contribution >= 4 is 40.5 Å². The Hall–Kier alpha value is -1.81. The molecule has 13 heteroatoms. The molecule has 0 aromatic rings. The van der Waals surface area contributed by atoms with E-state index in [0.29, 0.717) is 0 Å². The van der Waals surface area contributed by atoms with Gasteiger partial charge >= 0.3 is 23.9 Å². The van der Waals surface area contributed by atoms with Crippen LogP contribution in [0.5, 0.6) is 0 Å². The highest BCUT2D eigenvalue weighted by atomic mass is 28.4. The molecule has 3 aliphatic rings. The summed E-state index contributed by atoms with van der Waals surface area (Å²) in [4.78, 5) is 46.4. The molecule has 0 radical (unpaired) electrons. The largest absolute Gasteiger partial charge is 0.462 e. The summed E-state index contributed by atoms with van der Waals surface area (Å²) in [6, 6.07) is 0. The Balaban J connectivity index is 0.000000409. The molecule has 3 fully saturated rings. The van der Waals surface area contributed by atoms with Crippen LogP contribution in [0.25, 0.3) is 0 Å². The van der Waals surface area contributed by atoms with Gasteiger partial charge in [-0.3, -0.25) is 19.2 Å². The van der Waals surface area contributed by atoms with Gasteiger partial charge in [0.2, 0.25) is 0 Å². The zero-order valence-corrected chi connectivity index (χ0v) is 39.3. The molecule has 316 valence electrons. The molecule has 0 aliphatic carbocycles. The minimum atomic E-state index is -1.94. The third-order valence-corrected chi connectivity index (χ3v) is 21.6. The average molecular weight is 803 g/mol. The fourth-order valence-electron chi connectivity index (χ4n) is 6.61. The standard InChI is InChI=1S/C16H32O3Si.C14H28O4Si.C11H18O4/c1-9-10-13-11(2)14(12(3)15(17)18-13)19-20(7,8)16(4,5)6;1-9-11(8-15)17-13(16)10(2)12(9)18-19(6,7)14(3,4)5;1-5-9-6(2)10(14-8(4)12)7(3)11(13)15-9/h11-14H,9-10H2,1-8H3;9-12,15H,8H2,1-7H3;6-7,9-10H,5H2,1-4H3/t11-,12+,13-,14+;9-,10-,11+,12-;6-,7-,9+,10-/m100/s1. The van der Waals surface area contributed by atoms with Crippen LogP contribution in [0.1, 0.15) is 123 Å². The Bertz CT molecular complexity index is 1240. The molecule has 3 saturated heterocycles. The van der Waals surface area contributed by atoms with Crippen molar-refractivity contribution in [2.24, 2.45) is 35.5 Å². The van der Waals surface area contributed by atoms with E-state index in [1.807, 2.05) is 34.6 Å². The van der Waals surface area contributed by atoms with E-state index in [9.17, 15) is 24.3 Å². The van der Waals surface area contributed by atoms with Crippen molar-refractivity contribution < 1.29 is 52.1 Å². The highest BCUT2D eigenvalue weighted by molar-refractivity contribution is 6.74. The van der Waals surface area contributed by atoms with Gasteiger partial charge in [0, 0.05) is 24.7 Å². The number of esters is 4. The minimum Gasteiger partial charge on any atom is -0.462 e. The van der Waals surface area contributed by atoms with Gasteiger partial charge in [-0.2, -0.15) is 0 Å². The van der Waals surface area contributed by atoms with Crippen LogP contribution in [-0.4, -0.2) is 88.8 Å². The number of hydrogen-bond donors (Lipinski definition) is 1. The van der Waals surface area contributed by atoms with Crippen LogP contribution >= 0.6 is 0 Å². The molecule has 0 bridgehead atoms. The molecule has 3 heterocycles. The maximum Gasteiger partial charge on any atom is 0.312 e. The first-order valence-electron chi connectivity index (χ1n) is 20.2. The zero-order valence-electron chi connectivity index (χ0n) is 37.3. The molecule has 1 N–H and O–H groups in total. The number of aliphatic hydroxyl groups is 1. The lowest BCUT2D eigenvalue weighted by molar-refractivity contribution is -0.187. The lowest BCUT2D eigenvalue weighted by Crippen LogP contribution is -2.55. The second kappa shape index (κ2) is 20.1. The Kier molecular flexibility index (Phi) is 18.6. The third kappa shape index (κ3) is 12.9. The predicted molar refractivity (Wildman–Crippen MR) is 217 cm³/mol. The fourth-order valence-corrected chi connectivity index (χ4v) is 9.52. The first-order valence-corrected chi connectivity index (χ1v) is 26.1. The van der Waals surface area contributed by atoms with Gasteiger partial charge < -0.3 is 32.9 Å². The van der Waals surface area contributed by atoms with Gasteiger partial charge in [-0.25, -0.2) is 0 Å². The SMILES string of the molecule is CCC[C@H]1OC(=O)[C@@H](C)[C@@H](O[Si](C)(C)C(C)(C)C)[C@@H]1C.CC[C@H]1OC(=O)[C@@H](C)[C@@H](OC(C)=O)[C@H]1C.C[C@@H]1[C@H](O[Si](C)(C)C(C)(C)C)[C@H](C)C(=O)O[C@@H]1CO. The van der Waals surface area contributed by atoms with Gasteiger partial charge in [0.1, 0.15) is 24.4 Å². The third-order valence-electron chi connectivity index (χ3n) is 12.6. The number of aliphatic hydroxyl groups excluding tert-OH is 1. The van der Waals surface area contributed by atoms with Crippen molar-refractivity contribution in [3.8, 4) is 0 Å². The number of cyclic esters (lactones) is 3. The molecule has 0 saturated carbocycles. The normalized spacial score (nSPS) is 33.5. The molecule has 3 aliphatic heterocycles. The summed E-state index contributed by atoms with van der Waals surface area (Å²) in [7, 11) is -3.80. The topological polar surface area (TPSA) is 144 Å². The van der Waals surface area contributed by atoms with Crippen LogP contribution in [0.3, 0.4) is 0 Å². The summed E-state index contributed by atoms with van der Waals surface area (Å²) in [5, 5.41) is 9.58. The van der Waals surface area contributed by atoms with Crippen LogP contribution in [0.2, 0.25) is 36.3 Å². The number of ether oxygens (including phenoxy) is 4. The Morgan fingerprint density at radius 3 is 1.30 bits per heavy atom. The molecule has 3 rings (SSSR count). The molecule has 0 aromatic heterocycles. The minimum absolute atomic E-state index is 0.00584. The Labute approximate surface area is 329 Å². The molecule has 0 aromatic carbocycles. The molecule has 0 amide bonds. The van der Waals surface area contributed by atoms with Crippen molar-refractivity contribution in [1.82, 2.24) is 0 Å². The smallest absolute Gasteiger partial charge is 0.312 e. The van der Waals surface area contributed by atoms with E-state index in [0.717, 1.165) is 19.3 Å². The molecular formula is C41H78O11Si2. The first kappa shape index (κ1) is 50.2. The average Bonchev–Trinajstić information content (AvgIpc) is 3.05. The summed E-state index contributed by atoms with van der Waals surface area (Å²) in [6.07, 6.45) is 1.61. The van der Waals surface area contributed by atoms with Crippen LogP contribution in [-0.2, 0) is 47.0 Å². The van der Waals surface area contributed by atoms with Gasteiger partial charge in [0.25, 0.3) is 0 Å². The number of hydrogen-bond acceptors (Lipinski definition) is 11. The van der Waals surface area contributed by atoms with E-state index in [2.05, 4.69) is 81.6 Å². The molecule has 54 heavy (non-hydrogen) atoms. The van der Waals surface area contributed by atoms with E-state index in [1.54, 1.807) is 6.92 Å². The highest BCUT2D eigenvalue weighted by Crippen LogP contribution is 2.42.